The maximum Gasteiger partial charge on any atom is 0.326 e. The molecule has 0 spiro atoms. The van der Waals surface area contributed by atoms with Crippen molar-refractivity contribution >= 4 is 28.6 Å². The van der Waals surface area contributed by atoms with Gasteiger partial charge in [-0.05, 0) is 25.1 Å². The van der Waals surface area contributed by atoms with Crippen molar-refractivity contribution in [3.63, 3.8) is 0 Å². The number of benzene rings is 2. The number of rotatable bonds is 5. The molecule has 0 bridgehead atoms. The molecule has 0 aliphatic carbocycles. The number of nitrogens with one attached hydrogen (secondary N) is 1. The van der Waals surface area contributed by atoms with Gasteiger partial charge in [-0.25, -0.2) is 4.98 Å². The summed E-state index contributed by atoms with van der Waals surface area (Å²) in [5.74, 6) is -0.757. The normalized spacial score (nSPS) is 10.6. The third kappa shape index (κ3) is 3.87. The minimum absolute atomic E-state index is 0.155. The number of carbonyl (C=O) groups is 2. The number of hydrogen-bond acceptors (Lipinski definition) is 5. The number of fused-ring (bicyclic) bond motifs is 1. The van der Waals surface area contributed by atoms with Crippen molar-refractivity contribution in [1.29, 1.82) is 0 Å². The van der Waals surface area contributed by atoms with Gasteiger partial charge in [0.2, 0.25) is 5.91 Å². The maximum atomic E-state index is 13.1. The van der Waals surface area contributed by atoms with Crippen LogP contribution in [0.4, 0.5) is 5.69 Å². The van der Waals surface area contributed by atoms with Gasteiger partial charge in [-0.3, -0.25) is 19.0 Å². The third-order valence-electron chi connectivity index (χ3n) is 3.94. The first-order valence-electron chi connectivity index (χ1n) is 8.53. The molecule has 1 heterocycles. The summed E-state index contributed by atoms with van der Waals surface area (Å²) in [5.41, 5.74) is 1.79. The van der Waals surface area contributed by atoms with Gasteiger partial charge in [0.1, 0.15) is 12.2 Å². The van der Waals surface area contributed by atoms with Crippen LogP contribution in [0.3, 0.4) is 0 Å². The van der Waals surface area contributed by atoms with Crippen LogP contribution in [0, 0.1) is 0 Å². The largest absolute Gasteiger partial charge is 0.465 e. The number of esters is 1. The average Bonchev–Trinajstić information content (AvgIpc) is 2.64. The molecular weight excluding hydrogens is 346 g/mol. The molecule has 0 saturated carbocycles. The summed E-state index contributed by atoms with van der Waals surface area (Å²) in [5, 5.41) is 2.71. The zero-order valence-electron chi connectivity index (χ0n) is 15.1. The zero-order chi connectivity index (χ0) is 19.4. The molecule has 0 atom stereocenters. The zero-order valence-corrected chi connectivity index (χ0v) is 15.1. The molecule has 1 aromatic heterocycles. The summed E-state index contributed by atoms with van der Waals surface area (Å²) in [6.45, 7) is 3.11. The maximum absolute atomic E-state index is 13.1. The molecule has 2 aromatic carbocycles. The van der Waals surface area contributed by atoms with Gasteiger partial charge in [-0.1, -0.05) is 30.3 Å². The van der Waals surface area contributed by atoms with Crippen molar-refractivity contribution < 1.29 is 14.3 Å². The number of carbonyl (C=O) groups excluding carboxylic acids is 2. The Morgan fingerprint density at radius 3 is 2.56 bits per heavy atom. The lowest BCUT2D eigenvalue weighted by molar-refractivity contribution is -0.143. The van der Waals surface area contributed by atoms with Crippen LogP contribution in [0.2, 0.25) is 0 Å². The summed E-state index contributed by atoms with van der Waals surface area (Å²) in [7, 11) is 0. The Hall–Kier alpha value is -3.48. The highest BCUT2D eigenvalue weighted by Gasteiger charge is 2.17. The first-order chi connectivity index (χ1) is 13.0. The standard InChI is InChI=1S/C20H19N3O4/c1-3-27-18(25)12-23-17-11-7-6-10-16(17)22-19(20(23)26)14-8-4-5-9-15(14)21-13(2)24/h4-11H,3,12H2,1-2H3,(H,21,24). The Morgan fingerprint density at radius 1 is 1.11 bits per heavy atom. The Balaban J connectivity index is 2.24. The molecule has 7 heteroatoms. The highest BCUT2D eigenvalue weighted by atomic mass is 16.5. The highest BCUT2D eigenvalue weighted by molar-refractivity contribution is 5.94. The van der Waals surface area contributed by atoms with Crippen LogP contribution in [-0.2, 0) is 20.9 Å². The van der Waals surface area contributed by atoms with Gasteiger partial charge in [0.05, 0.1) is 23.3 Å². The smallest absolute Gasteiger partial charge is 0.326 e. The molecule has 3 rings (SSSR count). The van der Waals surface area contributed by atoms with E-state index in [1.807, 2.05) is 0 Å². The number of amides is 1. The molecule has 0 saturated heterocycles. The molecule has 138 valence electrons. The van der Waals surface area contributed by atoms with Crippen LogP contribution in [-0.4, -0.2) is 28.0 Å². The van der Waals surface area contributed by atoms with Crippen molar-refractivity contribution in [1.82, 2.24) is 9.55 Å². The molecule has 7 nitrogen and oxygen atoms in total. The van der Waals surface area contributed by atoms with Gasteiger partial charge in [0.25, 0.3) is 5.56 Å². The summed E-state index contributed by atoms with van der Waals surface area (Å²) in [6.07, 6.45) is 0. The van der Waals surface area contributed by atoms with Gasteiger partial charge < -0.3 is 10.1 Å². The van der Waals surface area contributed by atoms with Crippen LogP contribution in [0.25, 0.3) is 22.3 Å². The average molecular weight is 365 g/mol. The van der Waals surface area contributed by atoms with Crippen molar-refractivity contribution in [2.45, 2.75) is 20.4 Å². The van der Waals surface area contributed by atoms with Crippen LogP contribution < -0.4 is 10.9 Å². The van der Waals surface area contributed by atoms with E-state index in [1.54, 1.807) is 55.5 Å². The molecule has 1 amide bonds. The van der Waals surface area contributed by atoms with Gasteiger partial charge >= 0.3 is 5.97 Å². The van der Waals surface area contributed by atoms with Crippen LogP contribution in [0.15, 0.2) is 53.3 Å². The molecule has 0 radical (unpaired) electrons. The molecule has 0 fully saturated rings. The molecule has 3 aromatic rings. The molecule has 0 unspecified atom stereocenters. The summed E-state index contributed by atoms with van der Waals surface area (Å²) >= 11 is 0. The van der Waals surface area contributed by atoms with Crippen molar-refractivity contribution in [3.8, 4) is 11.3 Å². The van der Waals surface area contributed by atoms with Crippen LogP contribution in [0.5, 0.6) is 0 Å². The lowest BCUT2D eigenvalue weighted by Crippen LogP contribution is -2.28. The fourth-order valence-electron chi connectivity index (χ4n) is 2.85. The predicted octanol–water partition coefficient (Wildman–Crippen LogP) is 2.59. The molecule has 0 aliphatic heterocycles. The third-order valence-corrected chi connectivity index (χ3v) is 3.94. The Bertz CT molecular complexity index is 1070. The molecule has 1 N–H and O–H groups in total. The lowest BCUT2D eigenvalue weighted by atomic mass is 10.1. The second-order valence-corrected chi connectivity index (χ2v) is 5.87. The number of para-hydroxylation sites is 3. The summed E-state index contributed by atoms with van der Waals surface area (Å²) < 4.78 is 6.34. The van der Waals surface area contributed by atoms with E-state index in [4.69, 9.17) is 4.74 Å². The van der Waals surface area contributed by atoms with E-state index in [0.29, 0.717) is 22.3 Å². The number of aromatic nitrogens is 2. The van der Waals surface area contributed by atoms with Gasteiger partial charge in [0.15, 0.2) is 0 Å². The van der Waals surface area contributed by atoms with Crippen molar-refractivity contribution in [3.05, 3.63) is 58.9 Å². The van der Waals surface area contributed by atoms with Crippen molar-refractivity contribution in [2.75, 3.05) is 11.9 Å². The first-order valence-corrected chi connectivity index (χ1v) is 8.53. The second kappa shape index (κ2) is 7.82. The fourth-order valence-corrected chi connectivity index (χ4v) is 2.85. The Labute approximate surface area is 155 Å². The monoisotopic (exact) mass is 365 g/mol. The summed E-state index contributed by atoms with van der Waals surface area (Å²) in [6, 6.07) is 14.0. The SMILES string of the molecule is CCOC(=O)Cn1c(=O)c(-c2ccccc2NC(C)=O)nc2ccccc21. The lowest BCUT2D eigenvalue weighted by Gasteiger charge is -2.14. The second-order valence-electron chi connectivity index (χ2n) is 5.87. The van der Waals surface area contributed by atoms with E-state index in [0.717, 1.165) is 0 Å². The predicted molar refractivity (Wildman–Crippen MR) is 102 cm³/mol. The van der Waals surface area contributed by atoms with Gasteiger partial charge in [-0.15, -0.1) is 0 Å². The molecular formula is C20H19N3O4. The van der Waals surface area contributed by atoms with Crippen molar-refractivity contribution in [2.24, 2.45) is 0 Å². The topological polar surface area (TPSA) is 90.3 Å². The minimum Gasteiger partial charge on any atom is -0.465 e. The molecule has 0 aliphatic rings. The quantitative estimate of drug-likeness (QED) is 0.702. The van der Waals surface area contributed by atoms with E-state index in [2.05, 4.69) is 10.3 Å². The number of nitrogens with zero attached hydrogens (tertiary/aromatic N) is 2. The Kier molecular flexibility index (Phi) is 5.30. The van der Waals surface area contributed by atoms with Gasteiger partial charge in [0, 0.05) is 12.5 Å². The first kappa shape index (κ1) is 18.3. The Morgan fingerprint density at radius 2 is 1.81 bits per heavy atom. The van der Waals surface area contributed by atoms with Crippen LogP contribution >= 0.6 is 0 Å². The summed E-state index contributed by atoms with van der Waals surface area (Å²) in [4.78, 5) is 41.1. The van der Waals surface area contributed by atoms with Crippen LogP contribution in [0.1, 0.15) is 13.8 Å². The number of hydrogen-bond donors (Lipinski definition) is 1. The molecule has 27 heavy (non-hydrogen) atoms. The highest BCUT2D eigenvalue weighted by Crippen LogP contribution is 2.25. The minimum atomic E-state index is -0.503. The van der Waals surface area contributed by atoms with E-state index in [-0.39, 0.29) is 24.8 Å². The number of ether oxygens (including phenoxy) is 1. The van der Waals surface area contributed by atoms with E-state index >= 15 is 0 Å². The van der Waals surface area contributed by atoms with Gasteiger partial charge in [-0.2, -0.15) is 0 Å². The van der Waals surface area contributed by atoms with E-state index in [9.17, 15) is 14.4 Å². The van der Waals surface area contributed by atoms with E-state index < -0.39 is 11.5 Å². The van der Waals surface area contributed by atoms with E-state index in [1.165, 1.54) is 11.5 Å². The fraction of sp³-hybridized carbons (Fsp3) is 0.200. The number of anilines is 1.